The van der Waals surface area contributed by atoms with E-state index < -0.39 is 0 Å². The Balaban J connectivity index is 1.63. The molecule has 0 aliphatic heterocycles. The van der Waals surface area contributed by atoms with Gasteiger partial charge >= 0.3 is 0 Å². The standard InChI is InChI=1S/C18H20N4O/c1-2-9-19-14-7-8-17(21-12-14)22-18(23)10-13-11-20-16-6-4-3-5-15(13)16/h3-8,11-12,19-20H,2,9-10H2,1H3,(H,21,22,23). The van der Waals surface area contributed by atoms with Crippen LogP contribution in [0.5, 0.6) is 0 Å². The molecule has 1 amide bonds. The highest BCUT2D eigenvalue weighted by Crippen LogP contribution is 2.18. The van der Waals surface area contributed by atoms with Crippen molar-refractivity contribution >= 4 is 28.3 Å². The molecule has 0 atom stereocenters. The average molecular weight is 308 g/mol. The summed E-state index contributed by atoms with van der Waals surface area (Å²) in [5.41, 5.74) is 2.99. The number of amides is 1. The number of hydrogen-bond acceptors (Lipinski definition) is 3. The second-order valence-electron chi connectivity index (χ2n) is 5.44. The molecule has 3 N–H and O–H groups in total. The van der Waals surface area contributed by atoms with Gasteiger partial charge in [-0.2, -0.15) is 0 Å². The Labute approximate surface area is 135 Å². The molecule has 0 spiro atoms. The van der Waals surface area contributed by atoms with Gasteiger partial charge in [0, 0.05) is 23.6 Å². The molecule has 2 aromatic heterocycles. The molecule has 5 heteroatoms. The molecule has 0 saturated heterocycles. The Bertz CT molecular complexity index is 792. The number of anilines is 2. The van der Waals surface area contributed by atoms with Crippen LogP contribution in [0.15, 0.2) is 48.8 Å². The minimum absolute atomic E-state index is 0.0727. The zero-order chi connectivity index (χ0) is 16.1. The van der Waals surface area contributed by atoms with Crippen LogP contribution in [-0.2, 0) is 11.2 Å². The molecule has 1 aromatic carbocycles. The number of nitrogens with one attached hydrogen (secondary N) is 3. The Kier molecular flexibility index (Phi) is 4.57. The van der Waals surface area contributed by atoms with Crippen molar-refractivity contribution in [2.45, 2.75) is 19.8 Å². The van der Waals surface area contributed by atoms with E-state index in [1.54, 1.807) is 6.20 Å². The molecule has 0 bridgehead atoms. The Hall–Kier alpha value is -2.82. The summed E-state index contributed by atoms with van der Waals surface area (Å²) >= 11 is 0. The normalized spacial score (nSPS) is 10.7. The van der Waals surface area contributed by atoms with Gasteiger partial charge in [-0.15, -0.1) is 0 Å². The molecule has 5 nitrogen and oxygen atoms in total. The second kappa shape index (κ2) is 6.96. The number of nitrogens with zero attached hydrogens (tertiary/aromatic N) is 1. The number of carbonyl (C=O) groups is 1. The second-order valence-corrected chi connectivity index (χ2v) is 5.44. The quantitative estimate of drug-likeness (QED) is 0.652. The lowest BCUT2D eigenvalue weighted by Crippen LogP contribution is -2.15. The van der Waals surface area contributed by atoms with Crippen LogP contribution in [0.25, 0.3) is 10.9 Å². The molecule has 3 rings (SSSR count). The SMILES string of the molecule is CCCNc1ccc(NC(=O)Cc2c[nH]c3ccccc23)nc1. The highest BCUT2D eigenvalue weighted by atomic mass is 16.1. The van der Waals surface area contributed by atoms with E-state index in [2.05, 4.69) is 27.5 Å². The summed E-state index contributed by atoms with van der Waals surface area (Å²) in [6.07, 6.45) is 5.00. The van der Waals surface area contributed by atoms with Gasteiger partial charge in [-0.3, -0.25) is 4.79 Å². The zero-order valence-electron chi connectivity index (χ0n) is 13.1. The number of rotatable bonds is 6. The molecule has 0 fully saturated rings. The van der Waals surface area contributed by atoms with Gasteiger partial charge in [-0.05, 0) is 30.2 Å². The van der Waals surface area contributed by atoms with Gasteiger partial charge in [0.2, 0.25) is 5.91 Å². The van der Waals surface area contributed by atoms with E-state index in [1.165, 1.54) is 0 Å². The molecule has 3 aromatic rings. The van der Waals surface area contributed by atoms with Gasteiger partial charge in [-0.1, -0.05) is 25.1 Å². The number of hydrogen-bond donors (Lipinski definition) is 3. The van der Waals surface area contributed by atoms with Crippen molar-refractivity contribution in [2.24, 2.45) is 0 Å². The number of pyridine rings is 1. The highest BCUT2D eigenvalue weighted by Gasteiger charge is 2.09. The summed E-state index contributed by atoms with van der Waals surface area (Å²) in [6.45, 7) is 3.02. The molecular weight excluding hydrogens is 288 g/mol. The average Bonchev–Trinajstić information content (AvgIpc) is 2.97. The molecular formula is C18H20N4O. The van der Waals surface area contributed by atoms with Gasteiger partial charge < -0.3 is 15.6 Å². The lowest BCUT2D eigenvalue weighted by Gasteiger charge is -2.07. The molecule has 118 valence electrons. The van der Waals surface area contributed by atoms with E-state index in [0.717, 1.165) is 35.1 Å². The van der Waals surface area contributed by atoms with Crippen molar-refractivity contribution < 1.29 is 4.79 Å². The van der Waals surface area contributed by atoms with Crippen LogP contribution in [0.4, 0.5) is 11.5 Å². The number of fused-ring (bicyclic) bond motifs is 1. The largest absolute Gasteiger partial charge is 0.384 e. The Morgan fingerprint density at radius 3 is 2.87 bits per heavy atom. The van der Waals surface area contributed by atoms with Gasteiger partial charge in [0.05, 0.1) is 18.3 Å². The van der Waals surface area contributed by atoms with Crippen LogP contribution in [0.3, 0.4) is 0 Å². The van der Waals surface area contributed by atoms with Crippen LogP contribution in [0.2, 0.25) is 0 Å². The lowest BCUT2D eigenvalue weighted by molar-refractivity contribution is -0.115. The lowest BCUT2D eigenvalue weighted by atomic mass is 10.1. The fraction of sp³-hybridized carbons (Fsp3) is 0.222. The van der Waals surface area contributed by atoms with Gasteiger partial charge in [0.25, 0.3) is 0 Å². The van der Waals surface area contributed by atoms with Crippen LogP contribution in [0, 0.1) is 0 Å². The highest BCUT2D eigenvalue weighted by molar-refractivity contribution is 5.95. The molecule has 2 heterocycles. The number of para-hydroxylation sites is 1. The van der Waals surface area contributed by atoms with E-state index in [4.69, 9.17) is 0 Å². The van der Waals surface area contributed by atoms with E-state index in [1.807, 2.05) is 42.6 Å². The van der Waals surface area contributed by atoms with Crippen LogP contribution >= 0.6 is 0 Å². The van der Waals surface area contributed by atoms with Crippen LogP contribution in [0.1, 0.15) is 18.9 Å². The Morgan fingerprint density at radius 1 is 1.22 bits per heavy atom. The Morgan fingerprint density at radius 2 is 2.09 bits per heavy atom. The number of aromatic amines is 1. The fourth-order valence-corrected chi connectivity index (χ4v) is 2.48. The van der Waals surface area contributed by atoms with E-state index in [-0.39, 0.29) is 5.91 Å². The van der Waals surface area contributed by atoms with Gasteiger partial charge in [0.15, 0.2) is 0 Å². The minimum atomic E-state index is -0.0727. The van der Waals surface area contributed by atoms with Crippen molar-refractivity contribution in [2.75, 3.05) is 17.2 Å². The van der Waals surface area contributed by atoms with Crippen molar-refractivity contribution in [3.63, 3.8) is 0 Å². The predicted octanol–water partition coefficient (Wildman–Crippen LogP) is 3.57. The first-order chi connectivity index (χ1) is 11.3. The number of carbonyl (C=O) groups excluding carboxylic acids is 1. The van der Waals surface area contributed by atoms with E-state index in [0.29, 0.717) is 12.2 Å². The van der Waals surface area contributed by atoms with Crippen molar-refractivity contribution in [3.05, 3.63) is 54.4 Å². The summed E-state index contributed by atoms with van der Waals surface area (Å²) in [7, 11) is 0. The predicted molar refractivity (Wildman–Crippen MR) is 93.7 cm³/mol. The summed E-state index contributed by atoms with van der Waals surface area (Å²) in [6, 6.07) is 11.7. The summed E-state index contributed by atoms with van der Waals surface area (Å²) in [4.78, 5) is 19.6. The maximum Gasteiger partial charge on any atom is 0.230 e. The summed E-state index contributed by atoms with van der Waals surface area (Å²) < 4.78 is 0. The number of benzene rings is 1. The number of H-pyrrole nitrogens is 1. The topological polar surface area (TPSA) is 69.8 Å². The fourth-order valence-electron chi connectivity index (χ4n) is 2.48. The van der Waals surface area contributed by atoms with Crippen molar-refractivity contribution in [3.8, 4) is 0 Å². The molecule has 0 saturated carbocycles. The summed E-state index contributed by atoms with van der Waals surface area (Å²) in [5, 5.41) is 7.17. The third kappa shape index (κ3) is 3.69. The third-order valence-electron chi connectivity index (χ3n) is 3.64. The van der Waals surface area contributed by atoms with Crippen LogP contribution < -0.4 is 10.6 Å². The van der Waals surface area contributed by atoms with Crippen molar-refractivity contribution in [1.82, 2.24) is 9.97 Å². The minimum Gasteiger partial charge on any atom is -0.384 e. The van der Waals surface area contributed by atoms with Gasteiger partial charge in [0.1, 0.15) is 5.82 Å². The molecule has 0 unspecified atom stereocenters. The molecule has 0 aliphatic rings. The maximum absolute atomic E-state index is 12.2. The molecule has 0 radical (unpaired) electrons. The zero-order valence-corrected chi connectivity index (χ0v) is 13.1. The van der Waals surface area contributed by atoms with E-state index in [9.17, 15) is 4.79 Å². The molecule has 0 aliphatic carbocycles. The summed E-state index contributed by atoms with van der Waals surface area (Å²) in [5.74, 6) is 0.494. The van der Waals surface area contributed by atoms with Gasteiger partial charge in [-0.25, -0.2) is 4.98 Å². The first-order valence-corrected chi connectivity index (χ1v) is 7.81. The first kappa shape index (κ1) is 15.1. The third-order valence-corrected chi connectivity index (χ3v) is 3.64. The van der Waals surface area contributed by atoms with E-state index >= 15 is 0 Å². The first-order valence-electron chi connectivity index (χ1n) is 7.81. The number of aromatic nitrogens is 2. The molecule has 23 heavy (non-hydrogen) atoms. The van der Waals surface area contributed by atoms with Crippen LogP contribution in [-0.4, -0.2) is 22.4 Å². The smallest absolute Gasteiger partial charge is 0.230 e. The maximum atomic E-state index is 12.2. The monoisotopic (exact) mass is 308 g/mol. The van der Waals surface area contributed by atoms with Crippen molar-refractivity contribution in [1.29, 1.82) is 0 Å².